The van der Waals surface area contributed by atoms with Crippen LogP contribution in [0.3, 0.4) is 0 Å². The SMILES string of the molecule is COc1ccc([C@@H]2C3=C(CCCC3=O)Nc3c(C(N)=O)cnn32)cc1O. The number of allylic oxidation sites excluding steroid dienone is 2. The van der Waals surface area contributed by atoms with E-state index in [1.807, 2.05) is 0 Å². The number of phenols is 1. The molecule has 1 aliphatic carbocycles. The van der Waals surface area contributed by atoms with Gasteiger partial charge in [0.15, 0.2) is 17.3 Å². The third-order valence-corrected chi connectivity index (χ3v) is 4.82. The lowest BCUT2D eigenvalue weighted by molar-refractivity contribution is -0.116. The fourth-order valence-corrected chi connectivity index (χ4v) is 3.62. The highest BCUT2D eigenvalue weighted by atomic mass is 16.5. The number of primary amides is 1. The van der Waals surface area contributed by atoms with Crippen LogP contribution in [0.5, 0.6) is 11.5 Å². The van der Waals surface area contributed by atoms with Crippen LogP contribution in [-0.2, 0) is 4.79 Å². The summed E-state index contributed by atoms with van der Waals surface area (Å²) >= 11 is 0. The molecule has 0 radical (unpaired) electrons. The monoisotopic (exact) mass is 354 g/mol. The van der Waals surface area contributed by atoms with E-state index >= 15 is 0 Å². The number of nitrogens with two attached hydrogens (primary N) is 1. The predicted octanol–water partition coefficient (Wildman–Crippen LogP) is 1.72. The fourth-order valence-electron chi connectivity index (χ4n) is 3.62. The molecular weight excluding hydrogens is 336 g/mol. The number of phenolic OH excluding ortho intramolecular Hbond substituents is 1. The van der Waals surface area contributed by atoms with E-state index in [4.69, 9.17) is 10.5 Å². The molecule has 0 spiro atoms. The number of Topliss-reactive ketones (excluding diaryl/α,β-unsaturated/α-hetero) is 1. The molecule has 1 atom stereocenters. The van der Waals surface area contributed by atoms with Gasteiger partial charge in [-0.2, -0.15) is 5.10 Å². The van der Waals surface area contributed by atoms with Gasteiger partial charge in [-0.15, -0.1) is 0 Å². The molecule has 0 fully saturated rings. The molecule has 0 saturated carbocycles. The van der Waals surface area contributed by atoms with Crippen molar-refractivity contribution in [2.24, 2.45) is 5.73 Å². The van der Waals surface area contributed by atoms with Crippen LogP contribution in [0.4, 0.5) is 5.82 Å². The number of aromatic hydroxyl groups is 1. The molecule has 4 rings (SSSR count). The predicted molar refractivity (Wildman–Crippen MR) is 93.0 cm³/mol. The zero-order valence-electron chi connectivity index (χ0n) is 14.2. The average molecular weight is 354 g/mol. The number of anilines is 1. The Hall–Kier alpha value is -3.29. The standard InChI is InChI=1S/C18H18N4O4/c1-26-14-6-5-9(7-13(14)24)16-15-11(3-2-4-12(15)23)21-18-10(17(19)25)8-20-22(16)18/h5-8,16,21,24H,2-4H2,1H3,(H2,19,25)/t16-/m1/s1. The number of ether oxygens (including phenoxy) is 1. The van der Waals surface area contributed by atoms with Crippen LogP contribution in [-0.4, -0.2) is 33.7 Å². The first kappa shape index (κ1) is 16.2. The number of carbonyl (C=O) groups excluding carboxylic acids is 2. The van der Waals surface area contributed by atoms with Gasteiger partial charge in [0.05, 0.1) is 13.3 Å². The number of amides is 1. The molecule has 0 bridgehead atoms. The van der Waals surface area contributed by atoms with Gasteiger partial charge in [-0.3, -0.25) is 9.59 Å². The molecule has 26 heavy (non-hydrogen) atoms. The molecule has 8 nitrogen and oxygen atoms in total. The van der Waals surface area contributed by atoms with Crippen molar-refractivity contribution in [1.82, 2.24) is 9.78 Å². The Morgan fingerprint density at radius 2 is 2.23 bits per heavy atom. The van der Waals surface area contributed by atoms with E-state index in [1.165, 1.54) is 13.3 Å². The molecule has 134 valence electrons. The molecule has 1 aliphatic heterocycles. The zero-order valence-corrected chi connectivity index (χ0v) is 14.2. The molecule has 2 aliphatic rings. The third-order valence-electron chi connectivity index (χ3n) is 4.82. The Bertz CT molecular complexity index is 960. The number of hydrogen-bond donors (Lipinski definition) is 3. The van der Waals surface area contributed by atoms with Gasteiger partial charge in [0.2, 0.25) is 0 Å². The highest BCUT2D eigenvalue weighted by molar-refractivity contribution is 6.02. The van der Waals surface area contributed by atoms with E-state index in [-0.39, 0.29) is 17.1 Å². The first-order valence-corrected chi connectivity index (χ1v) is 8.28. The Kier molecular flexibility index (Phi) is 3.68. The minimum Gasteiger partial charge on any atom is -0.504 e. The second-order valence-electron chi connectivity index (χ2n) is 6.34. The Morgan fingerprint density at radius 1 is 1.42 bits per heavy atom. The minimum absolute atomic E-state index is 0.0285. The molecule has 8 heteroatoms. The molecule has 0 unspecified atom stereocenters. The van der Waals surface area contributed by atoms with Crippen LogP contribution in [0.2, 0.25) is 0 Å². The molecule has 0 saturated heterocycles. The maximum atomic E-state index is 12.7. The number of hydrogen-bond acceptors (Lipinski definition) is 6. The normalized spacial score (nSPS) is 18.8. The Labute approximate surface area is 149 Å². The largest absolute Gasteiger partial charge is 0.504 e. The summed E-state index contributed by atoms with van der Waals surface area (Å²) in [6.45, 7) is 0. The lowest BCUT2D eigenvalue weighted by Crippen LogP contribution is -2.32. The van der Waals surface area contributed by atoms with Crippen molar-refractivity contribution >= 4 is 17.5 Å². The van der Waals surface area contributed by atoms with Crippen LogP contribution >= 0.6 is 0 Å². The van der Waals surface area contributed by atoms with Gasteiger partial charge in [0.25, 0.3) is 5.91 Å². The smallest absolute Gasteiger partial charge is 0.254 e. The lowest BCUT2D eigenvalue weighted by Gasteiger charge is -2.33. The van der Waals surface area contributed by atoms with E-state index in [0.29, 0.717) is 35.5 Å². The summed E-state index contributed by atoms with van der Waals surface area (Å²) in [5.74, 6) is 0.205. The minimum atomic E-state index is -0.596. The quantitative estimate of drug-likeness (QED) is 0.772. The van der Waals surface area contributed by atoms with Gasteiger partial charge >= 0.3 is 0 Å². The second kappa shape index (κ2) is 5.91. The van der Waals surface area contributed by atoms with E-state index in [2.05, 4.69) is 10.4 Å². The Balaban J connectivity index is 1.92. The van der Waals surface area contributed by atoms with Crippen LogP contribution in [0.15, 0.2) is 35.7 Å². The van der Waals surface area contributed by atoms with Crippen molar-refractivity contribution in [1.29, 1.82) is 0 Å². The van der Waals surface area contributed by atoms with E-state index in [0.717, 1.165) is 12.1 Å². The lowest BCUT2D eigenvalue weighted by atomic mass is 9.85. The molecule has 1 amide bonds. The van der Waals surface area contributed by atoms with Crippen molar-refractivity contribution < 1.29 is 19.4 Å². The number of carbonyl (C=O) groups is 2. The molecule has 2 heterocycles. The Morgan fingerprint density at radius 3 is 2.92 bits per heavy atom. The number of methoxy groups -OCH3 is 1. The van der Waals surface area contributed by atoms with Gasteiger partial charge < -0.3 is 20.9 Å². The second-order valence-corrected chi connectivity index (χ2v) is 6.34. The van der Waals surface area contributed by atoms with Crippen LogP contribution in [0, 0.1) is 0 Å². The summed E-state index contributed by atoms with van der Waals surface area (Å²) in [6, 6.07) is 4.42. The summed E-state index contributed by atoms with van der Waals surface area (Å²) in [5, 5.41) is 17.6. The zero-order chi connectivity index (χ0) is 18.4. The summed E-state index contributed by atoms with van der Waals surface area (Å²) in [4.78, 5) is 24.4. The topological polar surface area (TPSA) is 119 Å². The number of ketones is 1. The highest BCUT2D eigenvalue weighted by Crippen LogP contribution is 2.42. The number of nitrogens with zero attached hydrogens (tertiary/aromatic N) is 2. The van der Waals surface area contributed by atoms with Gasteiger partial charge in [0, 0.05) is 17.7 Å². The van der Waals surface area contributed by atoms with Crippen molar-refractivity contribution in [2.75, 3.05) is 12.4 Å². The molecule has 1 aromatic carbocycles. The van der Waals surface area contributed by atoms with E-state index in [9.17, 15) is 14.7 Å². The highest BCUT2D eigenvalue weighted by Gasteiger charge is 2.37. The average Bonchev–Trinajstić information content (AvgIpc) is 3.04. The van der Waals surface area contributed by atoms with Gasteiger partial charge in [-0.25, -0.2) is 4.68 Å². The van der Waals surface area contributed by atoms with Gasteiger partial charge in [-0.1, -0.05) is 6.07 Å². The van der Waals surface area contributed by atoms with E-state index < -0.39 is 11.9 Å². The summed E-state index contributed by atoms with van der Waals surface area (Å²) in [5.41, 5.74) is 7.77. The van der Waals surface area contributed by atoms with Gasteiger partial charge in [0.1, 0.15) is 17.4 Å². The van der Waals surface area contributed by atoms with Crippen LogP contribution in [0.1, 0.15) is 41.2 Å². The molecule has 1 aromatic heterocycles. The first-order valence-electron chi connectivity index (χ1n) is 8.28. The summed E-state index contributed by atoms with van der Waals surface area (Å²) in [7, 11) is 1.47. The molecule has 4 N–H and O–H groups in total. The van der Waals surface area contributed by atoms with Crippen molar-refractivity contribution in [3.63, 3.8) is 0 Å². The number of rotatable bonds is 3. The van der Waals surface area contributed by atoms with E-state index in [1.54, 1.807) is 22.9 Å². The van der Waals surface area contributed by atoms with Crippen molar-refractivity contribution in [2.45, 2.75) is 25.3 Å². The summed E-state index contributed by atoms with van der Waals surface area (Å²) < 4.78 is 6.67. The van der Waals surface area contributed by atoms with Crippen molar-refractivity contribution in [3.8, 4) is 11.5 Å². The number of aromatic nitrogens is 2. The van der Waals surface area contributed by atoms with Crippen molar-refractivity contribution in [3.05, 3.63) is 46.8 Å². The maximum absolute atomic E-state index is 12.7. The first-order chi connectivity index (χ1) is 12.5. The number of benzene rings is 1. The molecular formula is C18H18N4O4. The maximum Gasteiger partial charge on any atom is 0.254 e. The fraction of sp³-hybridized carbons (Fsp3) is 0.278. The summed E-state index contributed by atoms with van der Waals surface area (Å²) in [6.07, 6.45) is 3.29. The van der Waals surface area contributed by atoms with Crippen LogP contribution in [0.25, 0.3) is 0 Å². The number of fused-ring (bicyclic) bond motifs is 1. The third kappa shape index (κ3) is 2.33. The molecule has 2 aromatic rings. The van der Waals surface area contributed by atoms with Crippen LogP contribution < -0.4 is 15.8 Å². The van der Waals surface area contributed by atoms with Gasteiger partial charge in [-0.05, 0) is 30.5 Å². The number of nitrogens with one attached hydrogen (secondary N) is 1.